The van der Waals surface area contributed by atoms with E-state index in [-0.39, 0.29) is 0 Å². The number of aryl methyl sites for hydroxylation is 1. The molecule has 2 aromatic rings. The molecule has 0 aliphatic heterocycles. The highest BCUT2D eigenvalue weighted by Crippen LogP contribution is 2.27. The topological polar surface area (TPSA) is 25.8 Å². The predicted molar refractivity (Wildman–Crippen MR) is 55.1 cm³/mol. The molecule has 0 bridgehead atoms. The van der Waals surface area contributed by atoms with Crippen LogP contribution in [-0.4, -0.2) is 9.97 Å². The smallest absolute Gasteiger partial charge is 0.148 e. The van der Waals surface area contributed by atoms with E-state index in [0.29, 0.717) is 5.15 Å². The second-order valence-electron chi connectivity index (χ2n) is 2.66. The molecule has 0 aliphatic carbocycles. The van der Waals surface area contributed by atoms with Crippen LogP contribution in [0.1, 0.15) is 5.56 Å². The Labute approximate surface area is 85.2 Å². The van der Waals surface area contributed by atoms with Crippen LogP contribution in [-0.2, 0) is 0 Å². The Kier molecular flexibility index (Phi) is 2.29. The number of hydrogen-bond acceptors (Lipinski definition) is 3. The second-order valence-corrected chi connectivity index (χ2v) is 3.96. The maximum atomic E-state index is 5.75. The summed E-state index contributed by atoms with van der Waals surface area (Å²) in [6, 6.07) is 2.06. The average molecular weight is 211 g/mol. The van der Waals surface area contributed by atoms with Gasteiger partial charge in [0, 0.05) is 0 Å². The summed E-state index contributed by atoms with van der Waals surface area (Å²) in [6.07, 6.45) is 3.26. The third-order valence-corrected chi connectivity index (χ3v) is 2.92. The summed E-state index contributed by atoms with van der Waals surface area (Å²) in [5, 5.41) is 2.47. The lowest BCUT2D eigenvalue weighted by molar-refractivity contribution is 1.21. The molecule has 2 heterocycles. The van der Waals surface area contributed by atoms with Crippen LogP contribution in [0, 0.1) is 6.92 Å². The number of hydrogen-bond donors (Lipinski definition) is 0. The van der Waals surface area contributed by atoms with Gasteiger partial charge < -0.3 is 0 Å². The highest BCUT2D eigenvalue weighted by Gasteiger charge is 2.04. The Bertz CT molecular complexity index is 425. The van der Waals surface area contributed by atoms with Crippen molar-refractivity contribution in [2.45, 2.75) is 6.92 Å². The van der Waals surface area contributed by atoms with Crippen molar-refractivity contribution in [3.05, 3.63) is 34.6 Å². The molecule has 0 radical (unpaired) electrons. The molecule has 0 unspecified atom stereocenters. The van der Waals surface area contributed by atoms with Crippen molar-refractivity contribution in [1.82, 2.24) is 9.97 Å². The zero-order chi connectivity index (χ0) is 9.26. The Hall–Kier alpha value is -0.930. The van der Waals surface area contributed by atoms with E-state index in [1.54, 1.807) is 17.5 Å². The van der Waals surface area contributed by atoms with Gasteiger partial charge in [0.1, 0.15) is 10.8 Å². The van der Waals surface area contributed by atoms with Gasteiger partial charge in [-0.1, -0.05) is 11.6 Å². The zero-order valence-corrected chi connectivity index (χ0v) is 8.56. The minimum Gasteiger partial charge on any atom is -0.259 e. The van der Waals surface area contributed by atoms with Crippen molar-refractivity contribution in [2.24, 2.45) is 0 Å². The molecule has 0 saturated heterocycles. The van der Waals surface area contributed by atoms with Crippen LogP contribution in [0.3, 0.4) is 0 Å². The lowest BCUT2D eigenvalue weighted by Crippen LogP contribution is -1.84. The Morgan fingerprint density at radius 2 is 2.23 bits per heavy atom. The molecule has 0 aliphatic rings. The molecule has 0 fully saturated rings. The summed E-state index contributed by atoms with van der Waals surface area (Å²) in [5.41, 5.74) is 2.06. The third kappa shape index (κ3) is 1.71. The Morgan fingerprint density at radius 3 is 2.85 bits per heavy atom. The zero-order valence-electron chi connectivity index (χ0n) is 6.99. The molecule has 4 heteroatoms. The molecular formula is C9H7ClN2S. The van der Waals surface area contributed by atoms with E-state index in [1.165, 1.54) is 11.8 Å². The lowest BCUT2D eigenvalue weighted by Gasteiger charge is -1.97. The summed E-state index contributed by atoms with van der Waals surface area (Å²) >= 11 is 7.40. The first-order chi connectivity index (χ1) is 6.27. The quantitative estimate of drug-likeness (QED) is 0.723. The summed E-state index contributed by atoms with van der Waals surface area (Å²) < 4.78 is 0. The first-order valence-corrected chi connectivity index (χ1v) is 5.05. The van der Waals surface area contributed by atoms with Crippen molar-refractivity contribution in [3.63, 3.8) is 0 Å². The molecule has 2 nitrogen and oxygen atoms in total. The first kappa shape index (κ1) is 8.66. The summed E-state index contributed by atoms with van der Waals surface area (Å²) in [6.45, 7) is 2.05. The summed E-state index contributed by atoms with van der Waals surface area (Å²) in [7, 11) is 0. The Balaban J connectivity index is 2.53. The molecule has 66 valence electrons. The number of aromatic nitrogens is 2. The fourth-order valence-electron chi connectivity index (χ4n) is 1.09. The van der Waals surface area contributed by atoms with Gasteiger partial charge in [0.15, 0.2) is 0 Å². The first-order valence-electron chi connectivity index (χ1n) is 3.79. The van der Waals surface area contributed by atoms with E-state index >= 15 is 0 Å². The van der Waals surface area contributed by atoms with E-state index in [2.05, 4.69) is 23.0 Å². The van der Waals surface area contributed by atoms with Crippen molar-refractivity contribution >= 4 is 22.9 Å². The van der Waals surface area contributed by atoms with Crippen molar-refractivity contribution in [3.8, 4) is 10.6 Å². The van der Waals surface area contributed by atoms with Gasteiger partial charge in [-0.05, 0) is 23.9 Å². The van der Waals surface area contributed by atoms with E-state index < -0.39 is 0 Å². The van der Waals surface area contributed by atoms with Gasteiger partial charge >= 0.3 is 0 Å². The molecule has 0 spiro atoms. The summed E-state index contributed by atoms with van der Waals surface area (Å²) in [5.74, 6) is 0. The van der Waals surface area contributed by atoms with E-state index in [9.17, 15) is 0 Å². The minimum absolute atomic E-state index is 0.435. The molecule has 0 N–H and O–H groups in total. The van der Waals surface area contributed by atoms with Crippen LogP contribution in [0.2, 0.25) is 5.15 Å². The number of halogens is 1. The average Bonchev–Trinajstić information content (AvgIpc) is 2.51. The van der Waals surface area contributed by atoms with Gasteiger partial charge in [0.05, 0.1) is 17.3 Å². The van der Waals surface area contributed by atoms with E-state index in [1.807, 2.05) is 5.38 Å². The van der Waals surface area contributed by atoms with Gasteiger partial charge in [-0.15, -0.1) is 11.3 Å². The number of nitrogens with zero attached hydrogens (tertiary/aromatic N) is 2. The maximum Gasteiger partial charge on any atom is 0.148 e. The summed E-state index contributed by atoms with van der Waals surface area (Å²) in [4.78, 5) is 9.32. The van der Waals surface area contributed by atoms with Crippen molar-refractivity contribution in [1.29, 1.82) is 0 Å². The fraction of sp³-hybridized carbons (Fsp3) is 0.111. The molecule has 0 saturated carbocycles. The molecular weight excluding hydrogens is 204 g/mol. The predicted octanol–water partition coefficient (Wildman–Crippen LogP) is 3.17. The Morgan fingerprint density at radius 1 is 1.38 bits per heavy atom. The molecule has 2 rings (SSSR count). The second kappa shape index (κ2) is 3.44. The van der Waals surface area contributed by atoms with Crippen molar-refractivity contribution in [2.75, 3.05) is 0 Å². The van der Waals surface area contributed by atoms with Gasteiger partial charge in [0.2, 0.25) is 0 Å². The van der Waals surface area contributed by atoms with Crippen LogP contribution < -0.4 is 0 Å². The largest absolute Gasteiger partial charge is 0.259 e. The molecule has 0 amide bonds. The van der Waals surface area contributed by atoms with Crippen LogP contribution >= 0.6 is 22.9 Å². The lowest BCUT2D eigenvalue weighted by atomic mass is 10.2. The number of rotatable bonds is 1. The molecule has 13 heavy (non-hydrogen) atoms. The van der Waals surface area contributed by atoms with E-state index in [4.69, 9.17) is 11.6 Å². The third-order valence-electron chi connectivity index (χ3n) is 1.70. The minimum atomic E-state index is 0.435. The van der Waals surface area contributed by atoms with Crippen molar-refractivity contribution < 1.29 is 0 Å². The van der Waals surface area contributed by atoms with Gasteiger partial charge in [0.25, 0.3) is 0 Å². The van der Waals surface area contributed by atoms with Gasteiger partial charge in [-0.25, -0.2) is 4.98 Å². The van der Waals surface area contributed by atoms with E-state index in [0.717, 1.165) is 10.6 Å². The highest BCUT2D eigenvalue weighted by molar-refractivity contribution is 7.13. The number of thiophene rings is 1. The van der Waals surface area contributed by atoms with Crippen LogP contribution in [0.15, 0.2) is 23.8 Å². The fourth-order valence-corrected chi connectivity index (χ4v) is 2.12. The van der Waals surface area contributed by atoms with Crippen LogP contribution in [0.25, 0.3) is 10.6 Å². The standard InChI is InChI=1S/C9H7ClN2S/c1-6-2-3-13-9(6)7-4-11-5-8(10)12-7/h2-5H,1H3. The molecule has 0 atom stereocenters. The normalized spacial score (nSPS) is 10.3. The van der Waals surface area contributed by atoms with Crippen LogP contribution in [0.4, 0.5) is 0 Å². The monoisotopic (exact) mass is 210 g/mol. The molecule has 0 aromatic carbocycles. The van der Waals surface area contributed by atoms with Gasteiger partial charge in [-0.2, -0.15) is 0 Å². The highest BCUT2D eigenvalue weighted by atomic mass is 35.5. The van der Waals surface area contributed by atoms with Gasteiger partial charge in [-0.3, -0.25) is 4.98 Å². The van der Waals surface area contributed by atoms with Crippen LogP contribution in [0.5, 0.6) is 0 Å². The maximum absolute atomic E-state index is 5.75. The molecule has 2 aromatic heterocycles. The SMILES string of the molecule is Cc1ccsc1-c1cncc(Cl)n1.